The highest BCUT2D eigenvalue weighted by molar-refractivity contribution is 6.31. The molecule has 0 aliphatic heterocycles. The van der Waals surface area contributed by atoms with Gasteiger partial charge >= 0.3 is 6.36 Å². The molecule has 0 spiro atoms. The molecule has 1 aromatic carbocycles. The smallest absolute Gasteiger partial charge is 0.403 e. The molecular formula is C8H4ClF3N2O. The number of hydrogen-bond donors (Lipinski definition) is 1. The van der Waals surface area contributed by atoms with Crippen molar-refractivity contribution >= 4 is 17.3 Å². The van der Waals surface area contributed by atoms with E-state index in [-0.39, 0.29) is 16.3 Å². The van der Waals surface area contributed by atoms with Crippen LogP contribution in [0.15, 0.2) is 12.1 Å². The number of alkyl halides is 3. The van der Waals surface area contributed by atoms with E-state index in [4.69, 9.17) is 22.6 Å². The quantitative estimate of drug-likeness (QED) is 0.763. The highest BCUT2D eigenvalue weighted by atomic mass is 35.5. The first-order valence-corrected chi connectivity index (χ1v) is 3.96. The van der Waals surface area contributed by atoms with E-state index < -0.39 is 12.1 Å². The number of benzene rings is 1. The zero-order valence-corrected chi connectivity index (χ0v) is 7.86. The predicted octanol–water partition coefficient (Wildman–Crippen LogP) is 2.69. The van der Waals surface area contributed by atoms with Crippen molar-refractivity contribution in [3.05, 3.63) is 22.7 Å². The van der Waals surface area contributed by atoms with E-state index in [1.54, 1.807) is 6.07 Å². The Morgan fingerprint density at radius 1 is 1.40 bits per heavy atom. The van der Waals surface area contributed by atoms with Gasteiger partial charge in [0.2, 0.25) is 0 Å². The molecule has 2 N–H and O–H groups in total. The first-order chi connectivity index (χ1) is 6.83. The SMILES string of the molecule is N#Cc1cc(Cl)cc(OC(F)(F)F)c1N. The first kappa shape index (κ1) is 11.5. The molecule has 0 heterocycles. The molecule has 0 amide bonds. The van der Waals surface area contributed by atoms with Crippen molar-refractivity contribution in [2.24, 2.45) is 0 Å². The van der Waals surface area contributed by atoms with Crippen LogP contribution in [0.4, 0.5) is 18.9 Å². The standard InChI is InChI=1S/C8H4ClF3N2O/c9-5-1-4(3-13)7(14)6(2-5)15-8(10,11)12/h1-2H,14H2. The van der Waals surface area contributed by atoms with Crippen molar-refractivity contribution < 1.29 is 17.9 Å². The number of nitrogens with zero attached hydrogens (tertiary/aromatic N) is 1. The number of hydrogen-bond acceptors (Lipinski definition) is 3. The second-order valence-corrected chi connectivity index (χ2v) is 2.96. The summed E-state index contributed by atoms with van der Waals surface area (Å²) in [6.45, 7) is 0. The maximum Gasteiger partial charge on any atom is 0.573 e. The molecule has 7 heteroatoms. The zero-order chi connectivity index (χ0) is 11.6. The Hall–Kier alpha value is -1.61. The summed E-state index contributed by atoms with van der Waals surface area (Å²) < 4.78 is 39.3. The molecule has 0 aliphatic carbocycles. The Bertz CT molecular complexity index is 425. The van der Waals surface area contributed by atoms with E-state index in [0.717, 1.165) is 12.1 Å². The lowest BCUT2D eigenvalue weighted by atomic mass is 10.2. The lowest BCUT2D eigenvalue weighted by Crippen LogP contribution is -2.18. The van der Waals surface area contributed by atoms with Gasteiger partial charge in [0.05, 0.1) is 11.3 Å². The summed E-state index contributed by atoms with van der Waals surface area (Å²) in [6, 6.07) is 3.65. The molecule has 0 aliphatic rings. The van der Waals surface area contributed by atoms with Crippen LogP contribution in [0.25, 0.3) is 0 Å². The van der Waals surface area contributed by atoms with Gasteiger partial charge in [0.1, 0.15) is 6.07 Å². The largest absolute Gasteiger partial charge is 0.573 e. The number of ether oxygens (including phenoxy) is 1. The van der Waals surface area contributed by atoms with Gasteiger partial charge in [0.25, 0.3) is 0 Å². The summed E-state index contributed by atoms with van der Waals surface area (Å²) >= 11 is 5.48. The van der Waals surface area contributed by atoms with Crippen LogP contribution >= 0.6 is 11.6 Å². The molecule has 80 valence electrons. The Labute approximate surface area is 87.8 Å². The van der Waals surface area contributed by atoms with Gasteiger partial charge < -0.3 is 10.5 Å². The van der Waals surface area contributed by atoms with E-state index in [1.165, 1.54) is 0 Å². The summed E-state index contributed by atoms with van der Waals surface area (Å²) in [4.78, 5) is 0. The number of anilines is 1. The number of rotatable bonds is 1. The molecule has 1 rings (SSSR count). The van der Waals surface area contributed by atoms with Crippen molar-refractivity contribution in [1.82, 2.24) is 0 Å². The third-order valence-corrected chi connectivity index (χ3v) is 1.67. The number of nitrogen functional groups attached to an aromatic ring is 1. The fourth-order valence-electron chi connectivity index (χ4n) is 0.895. The van der Waals surface area contributed by atoms with E-state index in [2.05, 4.69) is 4.74 Å². The van der Waals surface area contributed by atoms with Crippen LogP contribution in [0.3, 0.4) is 0 Å². The molecule has 0 saturated carbocycles. The molecule has 0 radical (unpaired) electrons. The maximum atomic E-state index is 11.9. The number of halogens is 4. The van der Waals surface area contributed by atoms with Gasteiger partial charge in [0.15, 0.2) is 5.75 Å². The summed E-state index contributed by atoms with van der Waals surface area (Å²) in [5, 5.41) is 8.48. The Kier molecular flexibility index (Phi) is 2.95. The van der Waals surface area contributed by atoms with Gasteiger partial charge in [-0.1, -0.05) is 11.6 Å². The second-order valence-electron chi connectivity index (χ2n) is 2.52. The lowest BCUT2D eigenvalue weighted by molar-refractivity contribution is -0.274. The average Bonchev–Trinajstić information content (AvgIpc) is 2.08. The maximum absolute atomic E-state index is 11.9. The molecular weight excluding hydrogens is 233 g/mol. The summed E-state index contributed by atoms with van der Waals surface area (Å²) in [5.74, 6) is -0.674. The van der Waals surface area contributed by atoms with E-state index in [1.807, 2.05) is 0 Å². The highest BCUT2D eigenvalue weighted by Crippen LogP contribution is 2.33. The molecule has 0 atom stereocenters. The minimum Gasteiger partial charge on any atom is -0.403 e. The fraction of sp³-hybridized carbons (Fsp3) is 0.125. The van der Waals surface area contributed by atoms with Crippen molar-refractivity contribution in [2.75, 3.05) is 5.73 Å². The van der Waals surface area contributed by atoms with Crippen molar-refractivity contribution in [3.8, 4) is 11.8 Å². The third kappa shape index (κ3) is 2.92. The van der Waals surface area contributed by atoms with Gasteiger partial charge in [0, 0.05) is 11.1 Å². The van der Waals surface area contributed by atoms with Gasteiger partial charge in [-0.3, -0.25) is 0 Å². The van der Waals surface area contributed by atoms with Gasteiger partial charge in [-0.05, 0) is 6.07 Å². The Morgan fingerprint density at radius 3 is 2.47 bits per heavy atom. The number of nitriles is 1. The topological polar surface area (TPSA) is 59.0 Å². The van der Waals surface area contributed by atoms with Crippen LogP contribution in [0.1, 0.15) is 5.56 Å². The van der Waals surface area contributed by atoms with Gasteiger partial charge in [-0.2, -0.15) is 5.26 Å². The molecule has 0 fully saturated rings. The van der Waals surface area contributed by atoms with Gasteiger partial charge in [-0.25, -0.2) is 0 Å². The minimum absolute atomic E-state index is 0.0556. The molecule has 3 nitrogen and oxygen atoms in total. The van der Waals surface area contributed by atoms with Gasteiger partial charge in [-0.15, -0.1) is 13.2 Å². The second kappa shape index (κ2) is 3.87. The fourth-order valence-corrected chi connectivity index (χ4v) is 1.10. The molecule has 1 aromatic rings. The average molecular weight is 237 g/mol. The molecule has 0 unspecified atom stereocenters. The van der Waals surface area contributed by atoms with Crippen LogP contribution in [0.5, 0.6) is 5.75 Å². The van der Waals surface area contributed by atoms with Crippen LogP contribution in [-0.4, -0.2) is 6.36 Å². The molecule has 15 heavy (non-hydrogen) atoms. The Balaban J connectivity index is 3.20. The molecule has 0 saturated heterocycles. The Morgan fingerprint density at radius 2 is 2.00 bits per heavy atom. The summed E-state index contributed by atoms with van der Waals surface area (Å²) in [6.07, 6.45) is -4.87. The monoisotopic (exact) mass is 236 g/mol. The van der Waals surface area contributed by atoms with Crippen molar-refractivity contribution in [2.45, 2.75) is 6.36 Å². The lowest BCUT2D eigenvalue weighted by Gasteiger charge is -2.11. The minimum atomic E-state index is -4.87. The summed E-state index contributed by atoms with van der Waals surface area (Å²) in [5.41, 5.74) is 4.71. The van der Waals surface area contributed by atoms with Crippen LogP contribution in [-0.2, 0) is 0 Å². The summed E-state index contributed by atoms with van der Waals surface area (Å²) in [7, 11) is 0. The zero-order valence-electron chi connectivity index (χ0n) is 7.10. The van der Waals surface area contributed by atoms with Crippen molar-refractivity contribution in [1.29, 1.82) is 5.26 Å². The normalized spacial score (nSPS) is 10.9. The van der Waals surface area contributed by atoms with Crippen molar-refractivity contribution in [3.63, 3.8) is 0 Å². The highest BCUT2D eigenvalue weighted by Gasteiger charge is 2.32. The van der Waals surface area contributed by atoms with E-state index in [0.29, 0.717) is 0 Å². The number of nitrogens with two attached hydrogens (primary N) is 1. The van der Waals surface area contributed by atoms with E-state index in [9.17, 15) is 13.2 Å². The molecule has 0 aromatic heterocycles. The van der Waals surface area contributed by atoms with Crippen LogP contribution < -0.4 is 10.5 Å². The third-order valence-electron chi connectivity index (χ3n) is 1.45. The van der Waals surface area contributed by atoms with E-state index >= 15 is 0 Å². The first-order valence-electron chi connectivity index (χ1n) is 3.58. The predicted molar refractivity (Wildman–Crippen MR) is 47.3 cm³/mol. The molecule has 0 bridgehead atoms. The van der Waals surface area contributed by atoms with Crippen LogP contribution in [0, 0.1) is 11.3 Å². The van der Waals surface area contributed by atoms with Crippen LogP contribution in [0.2, 0.25) is 5.02 Å².